The number of hydrogen-bond acceptors (Lipinski definition) is 6. The molecular formula is C27H36N4O2. The number of nitrogens with zero attached hydrogens (tertiary/aromatic N) is 4. The molecular weight excluding hydrogens is 412 g/mol. The van der Waals surface area contributed by atoms with Crippen LogP contribution in [0.5, 0.6) is 0 Å². The van der Waals surface area contributed by atoms with Gasteiger partial charge in [0, 0.05) is 24.2 Å². The molecule has 0 unspecified atom stereocenters. The molecule has 2 N–H and O–H groups in total. The summed E-state index contributed by atoms with van der Waals surface area (Å²) in [4.78, 5) is 9.56. The Labute approximate surface area is 197 Å². The van der Waals surface area contributed by atoms with Gasteiger partial charge in [-0.25, -0.2) is 0 Å². The van der Waals surface area contributed by atoms with Gasteiger partial charge in [-0.15, -0.1) is 0 Å². The van der Waals surface area contributed by atoms with Crippen molar-refractivity contribution in [3.63, 3.8) is 0 Å². The molecule has 33 heavy (non-hydrogen) atoms. The topological polar surface area (TPSA) is 89.9 Å². The molecule has 2 rings (SSSR count). The van der Waals surface area contributed by atoms with Crippen LogP contribution in [0.3, 0.4) is 0 Å². The lowest BCUT2D eigenvalue weighted by atomic mass is 10.0. The molecule has 0 aliphatic carbocycles. The van der Waals surface area contributed by atoms with Crippen LogP contribution in [0.4, 0.5) is 0 Å². The molecule has 0 atom stereocenters. The van der Waals surface area contributed by atoms with Gasteiger partial charge in [-0.1, -0.05) is 97.7 Å². The van der Waals surface area contributed by atoms with Crippen LogP contribution >= 0.6 is 0 Å². The molecule has 0 aliphatic heterocycles. The molecule has 0 amide bonds. The van der Waals surface area contributed by atoms with Gasteiger partial charge < -0.3 is 10.4 Å². The highest BCUT2D eigenvalue weighted by Gasteiger charge is 2.13. The molecule has 0 saturated carbocycles. The molecule has 0 aliphatic rings. The van der Waals surface area contributed by atoms with Crippen molar-refractivity contribution in [1.82, 2.24) is 0 Å². The molecule has 6 heteroatoms. The van der Waals surface area contributed by atoms with E-state index in [1.807, 2.05) is 60.7 Å². The van der Waals surface area contributed by atoms with E-state index >= 15 is 0 Å². The van der Waals surface area contributed by atoms with Crippen molar-refractivity contribution in [1.29, 1.82) is 0 Å². The van der Waals surface area contributed by atoms with Crippen molar-refractivity contribution in [2.75, 3.05) is 13.1 Å². The van der Waals surface area contributed by atoms with Gasteiger partial charge >= 0.3 is 0 Å². The zero-order valence-corrected chi connectivity index (χ0v) is 19.8. The average Bonchev–Trinajstić information content (AvgIpc) is 2.87. The lowest BCUT2D eigenvalue weighted by molar-refractivity contribution is 0.318. The smallest absolute Gasteiger partial charge is 0.105 e. The van der Waals surface area contributed by atoms with Gasteiger partial charge in [-0.3, -0.25) is 9.98 Å². The van der Waals surface area contributed by atoms with Crippen LogP contribution in [0.15, 0.2) is 81.0 Å². The molecule has 0 bridgehead atoms. The van der Waals surface area contributed by atoms with Crippen molar-refractivity contribution in [3.05, 3.63) is 71.8 Å². The molecule has 2 aromatic rings. The molecule has 176 valence electrons. The molecule has 2 aromatic carbocycles. The largest absolute Gasteiger partial charge is 0.411 e. The Morgan fingerprint density at radius 1 is 0.606 bits per heavy atom. The highest BCUT2D eigenvalue weighted by atomic mass is 16.4. The third-order valence-electron chi connectivity index (χ3n) is 5.27. The summed E-state index contributed by atoms with van der Waals surface area (Å²) in [5.74, 6) is 0. The Kier molecular flexibility index (Phi) is 12.2. The quantitative estimate of drug-likeness (QED) is 0.152. The van der Waals surface area contributed by atoms with Crippen molar-refractivity contribution >= 4 is 22.8 Å². The van der Waals surface area contributed by atoms with Crippen molar-refractivity contribution < 1.29 is 10.4 Å². The maximum Gasteiger partial charge on any atom is 0.105 e. The van der Waals surface area contributed by atoms with Crippen LogP contribution in [0.25, 0.3) is 0 Å². The van der Waals surface area contributed by atoms with E-state index in [1.54, 1.807) is 0 Å². The summed E-state index contributed by atoms with van der Waals surface area (Å²) >= 11 is 0. The number of aliphatic imine (C=N–C) groups is 2. The number of benzene rings is 2. The molecule has 0 radical (unpaired) electrons. The lowest BCUT2D eigenvalue weighted by Crippen LogP contribution is -2.18. The summed E-state index contributed by atoms with van der Waals surface area (Å²) in [5, 5.41) is 26.3. The summed E-state index contributed by atoms with van der Waals surface area (Å²) in [5.41, 5.74) is 4.60. The van der Waals surface area contributed by atoms with Gasteiger partial charge in [-0.05, 0) is 32.1 Å². The van der Waals surface area contributed by atoms with Gasteiger partial charge in [0.05, 0.1) is 11.4 Å². The van der Waals surface area contributed by atoms with Crippen molar-refractivity contribution in [2.24, 2.45) is 20.3 Å². The minimum atomic E-state index is 0.557. The predicted molar refractivity (Wildman–Crippen MR) is 138 cm³/mol. The normalized spacial score (nSPS) is 13.4. The summed E-state index contributed by atoms with van der Waals surface area (Å²) in [7, 11) is 0. The number of hydrogen-bond donors (Lipinski definition) is 2. The Morgan fingerprint density at radius 3 is 1.33 bits per heavy atom. The predicted octanol–water partition coefficient (Wildman–Crippen LogP) is 6.40. The minimum absolute atomic E-state index is 0.557. The van der Waals surface area contributed by atoms with Crippen molar-refractivity contribution in [2.45, 2.75) is 58.8 Å². The van der Waals surface area contributed by atoms with E-state index < -0.39 is 0 Å². The maximum absolute atomic E-state index is 9.59. The second-order valence-corrected chi connectivity index (χ2v) is 7.85. The van der Waals surface area contributed by atoms with Crippen LogP contribution in [-0.2, 0) is 0 Å². The van der Waals surface area contributed by atoms with E-state index in [0.717, 1.165) is 54.7 Å². The summed E-state index contributed by atoms with van der Waals surface area (Å²) < 4.78 is 0. The first kappa shape index (κ1) is 26.0. The Hall–Kier alpha value is -3.28. The van der Waals surface area contributed by atoms with Crippen LogP contribution in [0, 0.1) is 0 Å². The van der Waals surface area contributed by atoms with Gasteiger partial charge in [-0.2, -0.15) is 0 Å². The first-order chi connectivity index (χ1) is 16.2. The van der Waals surface area contributed by atoms with E-state index in [1.165, 1.54) is 0 Å². The Bertz CT molecular complexity index is 858. The summed E-state index contributed by atoms with van der Waals surface area (Å²) in [6.07, 6.45) is 6.02. The fraction of sp³-hybridized carbons (Fsp3) is 0.407. The minimum Gasteiger partial charge on any atom is -0.411 e. The third-order valence-corrected chi connectivity index (χ3v) is 5.27. The first-order valence-corrected chi connectivity index (χ1v) is 11.9. The average molecular weight is 449 g/mol. The van der Waals surface area contributed by atoms with Crippen LogP contribution in [0.1, 0.15) is 69.9 Å². The van der Waals surface area contributed by atoms with Gasteiger partial charge in [0.2, 0.25) is 0 Å². The molecule has 0 aromatic heterocycles. The number of unbranched alkanes of at least 4 members (excludes halogenated alkanes) is 2. The fourth-order valence-corrected chi connectivity index (χ4v) is 3.46. The molecule has 0 spiro atoms. The highest BCUT2D eigenvalue weighted by Crippen LogP contribution is 2.11. The van der Waals surface area contributed by atoms with Gasteiger partial charge in [0.25, 0.3) is 0 Å². The SMILES string of the molecule is CCCC/C(=N/O)C(=NCCCN=C(/C(CCCC)=N\O)c1ccccc1)c1ccccc1. The second kappa shape index (κ2) is 15.5. The summed E-state index contributed by atoms with van der Waals surface area (Å²) in [6.45, 7) is 5.34. The second-order valence-electron chi connectivity index (χ2n) is 7.85. The fourth-order valence-electron chi connectivity index (χ4n) is 3.46. The monoisotopic (exact) mass is 448 g/mol. The number of rotatable bonds is 14. The van der Waals surface area contributed by atoms with E-state index in [2.05, 4.69) is 24.2 Å². The standard InChI is InChI=1S/C27H36N4O2/c1-3-5-18-24(30-32)26(22-14-9-7-10-15-22)28-20-13-21-29-27(23-16-11-8-12-17-23)25(31-33)19-6-4-2/h7-12,14-17,32-33H,3-6,13,18-21H2,1-2H3/b28-26?,29-27?,30-24-,31-25-. The van der Waals surface area contributed by atoms with Crippen LogP contribution < -0.4 is 0 Å². The van der Waals surface area contributed by atoms with Gasteiger partial charge in [0.1, 0.15) is 11.4 Å². The van der Waals surface area contributed by atoms with E-state index in [0.29, 0.717) is 37.4 Å². The van der Waals surface area contributed by atoms with Crippen molar-refractivity contribution in [3.8, 4) is 0 Å². The Balaban J connectivity index is 2.17. The maximum atomic E-state index is 9.59. The Morgan fingerprint density at radius 2 is 1.00 bits per heavy atom. The first-order valence-electron chi connectivity index (χ1n) is 11.9. The zero-order chi connectivity index (χ0) is 23.7. The molecule has 6 nitrogen and oxygen atoms in total. The summed E-state index contributed by atoms with van der Waals surface area (Å²) in [6, 6.07) is 19.7. The van der Waals surface area contributed by atoms with Crippen LogP contribution in [0.2, 0.25) is 0 Å². The lowest BCUT2D eigenvalue weighted by Gasteiger charge is -2.10. The molecule has 0 saturated heterocycles. The van der Waals surface area contributed by atoms with Crippen LogP contribution in [-0.4, -0.2) is 46.4 Å². The molecule has 0 heterocycles. The highest BCUT2D eigenvalue weighted by molar-refractivity contribution is 6.48. The number of oxime groups is 2. The van der Waals surface area contributed by atoms with E-state index in [4.69, 9.17) is 9.98 Å². The zero-order valence-electron chi connectivity index (χ0n) is 19.8. The van der Waals surface area contributed by atoms with E-state index in [-0.39, 0.29) is 0 Å². The third kappa shape index (κ3) is 8.64. The van der Waals surface area contributed by atoms with E-state index in [9.17, 15) is 10.4 Å². The molecule has 0 fully saturated rings. The van der Waals surface area contributed by atoms with Gasteiger partial charge in [0.15, 0.2) is 0 Å².